The standard InChI is InChI=1S/C22H25ClN2O3/c1-15-3-8-20-19(13-15)25(14-16(2)28-20)22(27)10-9-21(26)24-12-11-17-4-6-18(23)7-5-17/h3-8,13,16H,9-12,14H2,1-2H3,(H,24,26). The summed E-state index contributed by atoms with van der Waals surface area (Å²) >= 11 is 5.87. The van der Waals surface area contributed by atoms with Crippen molar-refractivity contribution in [2.24, 2.45) is 0 Å². The zero-order chi connectivity index (χ0) is 20.1. The molecular weight excluding hydrogens is 376 g/mol. The third-order valence-electron chi connectivity index (χ3n) is 4.69. The Balaban J connectivity index is 1.49. The molecule has 0 spiro atoms. The summed E-state index contributed by atoms with van der Waals surface area (Å²) in [6, 6.07) is 13.4. The van der Waals surface area contributed by atoms with Crippen LogP contribution in [0.25, 0.3) is 0 Å². The Bertz CT molecular complexity index is 851. The summed E-state index contributed by atoms with van der Waals surface area (Å²) in [6.07, 6.45) is 0.997. The number of anilines is 1. The second-order valence-electron chi connectivity index (χ2n) is 7.13. The van der Waals surface area contributed by atoms with Crippen LogP contribution in [0.3, 0.4) is 0 Å². The molecule has 148 valence electrons. The minimum Gasteiger partial charge on any atom is -0.487 e. The number of nitrogens with zero attached hydrogens (tertiary/aromatic N) is 1. The van der Waals surface area contributed by atoms with Gasteiger partial charge >= 0.3 is 0 Å². The Morgan fingerprint density at radius 1 is 1.18 bits per heavy atom. The van der Waals surface area contributed by atoms with Crippen LogP contribution in [0.2, 0.25) is 5.02 Å². The highest BCUT2D eigenvalue weighted by molar-refractivity contribution is 6.30. The Morgan fingerprint density at radius 2 is 1.93 bits per heavy atom. The van der Waals surface area contributed by atoms with Crippen molar-refractivity contribution in [2.75, 3.05) is 18.0 Å². The summed E-state index contributed by atoms with van der Waals surface area (Å²) in [5.41, 5.74) is 2.95. The minimum absolute atomic E-state index is 0.0603. The summed E-state index contributed by atoms with van der Waals surface area (Å²) in [5, 5.41) is 3.57. The topological polar surface area (TPSA) is 58.6 Å². The summed E-state index contributed by atoms with van der Waals surface area (Å²) in [6.45, 7) is 4.94. The molecule has 1 N–H and O–H groups in total. The van der Waals surface area contributed by atoms with E-state index in [1.807, 2.05) is 56.3 Å². The van der Waals surface area contributed by atoms with Gasteiger partial charge < -0.3 is 15.0 Å². The lowest BCUT2D eigenvalue weighted by Crippen LogP contribution is -2.42. The van der Waals surface area contributed by atoms with E-state index in [2.05, 4.69) is 5.32 Å². The number of ether oxygens (including phenoxy) is 1. The van der Waals surface area contributed by atoms with Crippen LogP contribution in [0.5, 0.6) is 5.75 Å². The van der Waals surface area contributed by atoms with Gasteiger partial charge in [-0.05, 0) is 55.7 Å². The van der Waals surface area contributed by atoms with Gasteiger partial charge in [0, 0.05) is 24.4 Å². The molecule has 3 rings (SSSR count). The van der Waals surface area contributed by atoms with Crippen LogP contribution in [0.1, 0.15) is 30.9 Å². The molecule has 0 saturated heterocycles. The molecule has 6 heteroatoms. The molecule has 0 saturated carbocycles. The molecule has 1 unspecified atom stereocenters. The first-order valence-corrected chi connectivity index (χ1v) is 9.89. The fourth-order valence-corrected chi connectivity index (χ4v) is 3.35. The maximum Gasteiger partial charge on any atom is 0.227 e. The van der Waals surface area contributed by atoms with Gasteiger partial charge in [-0.1, -0.05) is 29.8 Å². The fourth-order valence-electron chi connectivity index (χ4n) is 3.22. The number of aryl methyl sites for hydroxylation is 1. The first-order chi connectivity index (χ1) is 13.4. The van der Waals surface area contributed by atoms with Crippen molar-refractivity contribution in [1.29, 1.82) is 0 Å². The van der Waals surface area contributed by atoms with Gasteiger partial charge in [0.25, 0.3) is 0 Å². The van der Waals surface area contributed by atoms with Crippen LogP contribution in [0.4, 0.5) is 5.69 Å². The van der Waals surface area contributed by atoms with Gasteiger partial charge in [-0.3, -0.25) is 9.59 Å². The number of hydrogen-bond donors (Lipinski definition) is 1. The SMILES string of the molecule is Cc1ccc2c(c1)N(C(=O)CCC(=O)NCCc1ccc(Cl)cc1)CC(C)O2. The van der Waals surface area contributed by atoms with E-state index in [-0.39, 0.29) is 30.8 Å². The molecule has 1 atom stereocenters. The van der Waals surface area contributed by atoms with Crippen molar-refractivity contribution in [3.05, 3.63) is 58.6 Å². The third-order valence-corrected chi connectivity index (χ3v) is 4.94. The lowest BCUT2D eigenvalue weighted by atomic mass is 10.1. The van der Waals surface area contributed by atoms with Crippen molar-refractivity contribution in [2.45, 2.75) is 39.2 Å². The van der Waals surface area contributed by atoms with Gasteiger partial charge in [0.15, 0.2) is 0 Å². The van der Waals surface area contributed by atoms with E-state index in [1.165, 1.54) is 0 Å². The minimum atomic E-state index is -0.118. The van der Waals surface area contributed by atoms with Gasteiger partial charge in [-0.25, -0.2) is 0 Å². The molecule has 1 aliphatic heterocycles. The van der Waals surface area contributed by atoms with Crippen molar-refractivity contribution < 1.29 is 14.3 Å². The molecule has 2 aromatic rings. The molecule has 0 aromatic heterocycles. The van der Waals surface area contributed by atoms with Crippen molar-refractivity contribution >= 4 is 29.1 Å². The predicted molar refractivity (Wildman–Crippen MR) is 111 cm³/mol. The fraction of sp³-hybridized carbons (Fsp3) is 0.364. The average Bonchev–Trinajstić information content (AvgIpc) is 2.67. The van der Waals surface area contributed by atoms with Gasteiger partial charge in [-0.2, -0.15) is 0 Å². The smallest absolute Gasteiger partial charge is 0.227 e. The van der Waals surface area contributed by atoms with Gasteiger partial charge in [0.2, 0.25) is 11.8 Å². The quantitative estimate of drug-likeness (QED) is 0.799. The average molecular weight is 401 g/mol. The Hall–Kier alpha value is -2.53. The van der Waals surface area contributed by atoms with Crippen molar-refractivity contribution in [3.8, 4) is 5.75 Å². The number of halogens is 1. The second kappa shape index (κ2) is 9.11. The molecule has 1 heterocycles. The number of hydrogen-bond acceptors (Lipinski definition) is 3. The summed E-state index contributed by atoms with van der Waals surface area (Å²) in [7, 11) is 0. The van der Waals surface area contributed by atoms with E-state index in [0.717, 1.165) is 23.2 Å². The lowest BCUT2D eigenvalue weighted by molar-refractivity contribution is -0.125. The van der Waals surface area contributed by atoms with Crippen LogP contribution in [0.15, 0.2) is 42.5 Å². The molecule has 2 amide bonds. The Labute approximate surface area is 170 Å². The van der Waals surface area contributed by atoms with Crippen LogP contribution in [-0.2, 0) is 16.0 Å². The normalized spacial score (nSPS) is 15.5. The molecule has 0 aliphatic carbocycles. The summed E-state index contributed by atoms with van der Waals surface area (Å²) in [5.74, 6) is 0.535. The Morgan fingerprint density at radius 3 is 2.68 bits per heavy atom. The van der Waals surface area contributed by atoms with Gasteiger partial charge in [0.05, 0.1) is 12.2 Å². The first-order valence-electron chi connectivity index (χ1n) is 9.51. The van der Waals surface area contributed by atoms with E-state index < -0.39 is 0 Å². The number of benzene rings is 2. The number of carbonyl (C=O) groups is 2. The number of nitrogens with one attached hydrogen (secondary N) is 1. The predicted octanol–water partition coefficient (Wildman–Crippen LogP) is 3.90. The molecule has 0 bridgehead atoms. The molecule has 1 aliphatic rings. The van der Waals surface area contributed by atoms with Crippen LogP contribution < -0.4 is 15.0 Å². The summed E-state index contributed by atoms with van der Waals surface area (Å²) in [4.78, 5) is 26.6. The van der Waals surface area contributed by atoms with E-state index in [0.29, 0.717) is 23.9 Å². The van der Waals surface area contributed by atoms with Crippen molar-refractivity contribution in [1.82, 2.24) is 5.32 Å². The monoisotopic (exact) mass is 400 g/mol. The maximum absolute atomic E-state index is 12.7. The molecular formula is C22H25ClN2O3. The van der Waals surface area contributed by atoms with Gasteiger partial charge in [0.1, 0.15) is 11.9 Å². The second-order valence-corrected chi connectivity index (χ2v) is 7.57. The zero-order valence-corrected chi connectivity index (χ0v) is 17.0. The zero-order valence-electron chi connectivity index (χ0n) is 16.2. The van der Waals surface area contributed by atoms with Crippen molar-refractivity contribution in [3.63, 3.8) is 0 Å². The van der Waals surface area contributed by atoms with E-state index >= 15 is 0 Å². The van der Waals surface area contributed by atoms with Crippen LogP contribution in [0, 0.1) is 6.92 Å². The molecule has 0 radical (unpaired) electrons. The van der Waals surface area contributed by atoms with E-state index in [9.17, 15) is 9.59 Å². The number of carbonyl (C=O) groups excluding carboxylic acids is 2. The highest BCUT2D eigenvalue weighted by Crippen LogP contribution is 2.34. The number of amides is 2. The van der Waals surface area contributed by atoms with E-state index in [1.54, 1.807) is 4.90 Å². The number of rotatable bonds is 6. The molecule has 2 aromatic carbocycles. The highest BCUT2D eigenvalue weighted by atomic mass is 35.5. The maximum atomic E-state index is 12.7. The Kier molecular flexibility index (Phi) is 6.57. The third kappa shape index (κ3) is 5.26. The van der Waals surface area contributed by atoms with E-state index in [4.69, 9.17) is 16.3 Å². The molecule has 0 fully saturated rings. The van der Waals surface area contributed by atoms with Crippen LogP contribution in [-0.4, -0.2) is 31.0 Å². The lowest BCUT2D eigenvalue weighted by Gasteiger charge is -2.33. The van der Waals surface area contributed by atoms with Gasteiger partial charge in [-0.15, -0.1) is 0 Å². The summed E-state index contributed by atoms with van der Waals surface area (Å²) < 4.78 is 5.81. The van der Waals surface area contributed by atoms with Crippen LogP contribution >= 0.6 is 11.6 Å². The number of fused-ring (bicyclic) bond motifs is 1. The first kappa shape index (κ1) is 20.2. The highest BCUT2D eigenvalue weighted by Gasteiger charge is 2.27. The molecule has 5 nitrogen and oxygen atoms in total. The largest absolute Gasteiger partial charge is 0.487 e. The molecule has 28 heavy (non-hydrogen) atoms.